The summed E-state index contributed by atoms with van der Waals surface area (Å²) in [5, 5.41) is 0. The number of alkyl halides is 4. The number of methoxy groups -OCH3 is 1. The summed E-state index contributed by atoms with van der Waals surface area (Å²) < 4.78 is 78.4. The van der Waals surface area contributed by atoms with Crippen molar-refractivity contribution in [2.75, 3.05) is 13.8 Å². The van der Waals surface area contributed by atoms with Crippen molar-refractivity contribution in [2.24, 2.45) is 10.7 Å². The molecule has 32 heavy (non-hydrogen) atoms. The maximum absolute atomic E-state index is 15.0. The minimum Gasteiger partial charge on any atom is -0.495 e. The smallest absolute Gasteiger partial charge is 0.425 e. The molecule has 0 radical (unpaired) electrons. The van der Waals surface area contributed by atoms with Crippen LogP contribution in [0.5, 0.6) is 5.75 Å². The van der Waals surface area contributed by atoms with Crippen LogP contribution in [0, 0.1) is 12.7 Å². The van der Waals surface area contributed by atoms with Gasteiger partial charge in [-0.15, -0.1) is 0 Å². The number of pyridine rings is 1. The van der Waals surface area contributed by atoms with Crippen molar-refractivity contribution in [3.05, 3.63) is 58.7 Å². The Kier molecular flexibility index (Phi) is 6.38. The largest absolute Gasteiger partial charge is 0.495 e. The van der Waals surface area contributed by atoms with E-state index in [1.165, 1.54) is 38.4 Å². The zero-order valence-corrected chi connectivity index (χ0v) is 17.2. The van der Waals surface area contributed by atoms with Gasteiger partial charge in [-0.1, -0.05) is 6.07 Å². The molecule has 0 amide bonds. The number of nitrogens with zero attached hydrogens (tertiary/aromatic N) is 2. The second-order valence-corrected chi connectivity index (χ2v) is 7.42. The molecule has 3 rings (SSSR count). The maximum Gasteiger partial charge on any atom is 0.425 e. The van der Waals surface area contributed by atoms with E-state index in [0.29, 0.717) is 5.75 Å². The Bertz CT molecular complexity index is 1040. The zero-order chi connectivity index (χ0) is 23.7. The number of hydrogen-bond acceptors (Lipinski definition) is 6. The van der Waals surface area contributed by atoms with Crippen LogP contribution in [-0.2, 0) is 16.7 Å². The van der Waals surface area contributed by atoms with Crippen molar-refractivity contribution in [3.63, 3.8) is 0 Å². The normalized spacial score (nSPS) is 21.0. The van der Waals surface area contributed by atoms with Crippen LogP contribution in [0.3, 0.4) is 0 Å². The third-order valence-corrected chi connectivity index (χ3v) is 5.13. The Morgan fingerprint density at radius 1 is 1.34 bits per heavy atom. The quantitative estimate of drug-likeness (QED) is 0.527. The number of Topliss-reactive ketones (excluding diaryl/α,β-unsaturated/α-hetero) is 1. The number of ether oxygens (including phenoxy) is 2. The summed E-state index contributed by atoms with van der Waals surface area (Å²) in [6.07, 6.45) is -7.21. The molecule has 0 aliphatic carbocycles. The summed E-state index contributed by atoms with van der Waals surface area (Å²) in [5.74, 6) is -0.914. The third kappa shape index (κ3) is 4.66. The minimum absolute atomic E-state index is 0.0182. The molecule has 1 aliphatic rings. The van der Waals surface area contributed by atoms with Crippen LogP contribution >= 0.6 is 0 Å². The summed E-state index contributed by atoms with van der Waals surface area (Å²) in [5.41, 5.74) is 3.11. The van der Waals surface area contributed by atoms with Crippen LogP contribution < -0.4 is 10.5 Å². The first-order valence-corrected chi connectivity index (χ1v) is 9.46. The number of amidine groups is 1. The summed E-state index contributed by atoms with van der Waals surface area (Å²) >= 11 is 0. The predicted molar refractivity (Wildman–Crippen MR) is 105 cm³/mol. The molecular weight excluding hydrogens is 437 g/mol. The highest BCUT2D eigenvalue weighted by Gasteiger charge is 2.52. The van der Waals surface area contributed by atoms with E-state index < -0.39 is 54.1 Å². The van der Waals surface area contributed by atoms with E-state index >= 15 is 0 Å². The Balaban J connectivity index is 1.99. The van der Waals surface area contributed by atoms with Crippen molar-refractivity contribution in [1.29, 1.82) is 0 Å². The topological polar surface area (TPSA) is 86.8 Å². The Hall–Kier alpha value is -3.24. The number of hydrogen-bond donors (Lipinski definition) is 1. The van der Waals surface area contributed by atoms with E-state index in [4.69, 9.17) is 10.5 Å². The highest BCUT2D eigenvalue weighted by molar-refractivity contribution is 5.95. The van der Waals surface area contributed by atoms with Gasteiger partial charge in [0.15, 0.2) is 11.9 Å². The number of halogens is 5. The first-order valence-electron chi connectivity index (χ1n) is 9.46. The number of aromatic nitrogens is 1. The number of benzene rings is 1. The molecule has 0 bridgehead atoms. The van der Waals surface area contributed by atoms with Gasteiger partial charge in [0.25, 0.3) is 6.02 Å². The summed E-state index contributed by atoms with van der Waals surface area (Å²) in [6.45, 7) is -0.0879. The average Bonchev–Trinajstić information content (AvgIpc) is 2.75. The minimum atomic E-state index is -4.86. The van der Waals surface area contributed by atoms with Gasteiger partial charge in [-0.05, 0) is 36.2 Å². The monoisotopic (exact) mass is 457 g/mol. The van der Waals surface area contributed by atoms with Gasteiger partial charge in [0.05, 0.1) is 13.3 Å². The van der Waals surface area contributed by atoms with Crippen LogP contribution in [0.1, 0.15) is 33.6 Å². The third-order valence-electron chi connectivity index (χ3n) is 5.13. The number of ketones is 1. The predicted octanol–water partition coefficient (Wildman–Crippen LogP) is 3.79. The Morgan fingerprint density at radius 2 is 2.06 bits per heavy atom. The van der Waals surface area contributed by atoms with Crippen molar-refractivity contribution < 1.29 is 36.2 Å². The van der Waals surface area contributed by atoms with Gasteiger partial charge in [0.1, 0.15) is 29.5 Å². The molecule has 2 heterocycles. The van der Waals surface area contributed by atoms with Crippen molar-refractivity contribution >= 4 is 11.8 Å². The fourth-order valence-electron chi connectivity index (χ4n) is 3.51. The van der Waals surface area contributed by atoms with Gasteiger partial charge in [-0.2, -0.15) is 13.2 Å². The molecule has 0 spiro atoms. The maximum atomic E-state index is 15.0. The fraction of sp³-hybridized carbons (Fsp3) is 0.381. The van der Waals surface area contributed by atoms with E-state index in [1.54, 1.807) is 0 Å². The first-order chi connectivity index (χ1) is 15.0. The summed E-state index contributed by atoms with van der Waals surface area (Å²) in [7, 11) is 1.44. The van der Waals surface area contributed by atoms with Crippen LogP contribution in [0.25, 0.3) is 0 Å². The molecule has 2 atom stereocenters. The van der Waals surface area contributed by atoms with Crippen molar-refractivity contribution in [2.45, 2.75) is 37.6 Å². The van der Waals surface area contributed by atoms with Gasteiger partial charge in [0, 0.05) is 18.4 Å². The molecule has 1 aromatic carbocycles. The molecule has 2 aromatic rings. The lowest BCUT2D eigenvalue weighted by atomic mass is 9.82. The molecule has 0 saturated heterocycles. The van der Waals surface area contributed by atoms with Gasteiger partial charge < -0.3 is 15.2 Å². The first kappa shape index (κ1) is 23.4. The Labute approximate surface area is 180 Å². The van der Waals surface area contributed by atoms with Crippen LogP contribution in [0.4, 0.5) is 22.0 Å². The molecule has 0 fully saturated rings. The lowest BCUT2D eigenvalue weighted by Crippen LogP contribution is -2.48. The highest BCUT2D eigenvalue weighted by Crippen LogP contribution is 2.42. The molecule has 0 unspecified atom stereocenters. The summed E-state index contributed by atoms with van der Waals surface area (Å²) in [6, 6.07) is 4.59. The van der Waals surface area contributed by atoms with Crippen molar-refractivity contribution in [1.82, 2.24) is 4.98 Å². The number of carbonyl (C=O) groups excluding carboxylic acids is 1. The SMILES string of the molecule is COc1ccc(C(=O)Cc2cc(C)c(F)c([C@]3(CF)C[C@@H](C(F)(F)F)OC(N)=N3)c2)nc1. The highest BCUT2D eigenvalue weighted by atomic mass is 19.4. The average molecular weight is 457 g/mol. The number of rotatable bonds is 6. The van der Waals surface area contributed by atoms with Gasteiger partial charge in [0.2, 0.25) is 0 Å². The molecule has 0 saturated carbocycles. The van der Waals surface area contributed by atoms with E-state index in [2.05, 4.69) is 14.7 Å². The van der Waals surface area contributed by atoms with Crippen LogP contribution in [0.15, 0.2) is 35.5 Å². The molecule has 1 aliphatic heterocycles. The molecule has 11 heteroatoms. The molecule has 6 nitrogen and oxygen atoms in total. The van der Waals surface area contributed by atoms with Crippen LogP contribution in [-0.4, -0.2) is 42.9 Å². The fourth-order valence-corrected chi connectivity index (χ4v) is 3.51. The summed E-state index contributed by atoms with van der Waals surface area (Å²) in [4.78, 5) is 20.3. The van der Waals surface area contributed by atoms with Gasteiger partial charge >= 0.3 is 6.18 Å². The van der Waals surface area contributed by atoms with E-state index in [-0.39, 0.29) is 23.2 Å². The molecule has 172 valence electrons. The number of aliphatic imine (C=N–C) groups is 1. The Morgan fingerprint density at radius 3 is 2.62 bits per heavy atom. The van der Waals surface area contributed by atoms with Gasteiger partial charge in [-0.25, -0.2) is 18.8 Å². The lowest BCUT2D eigenvalue weighted by Gasteiger charge is -2.37. The second-order valence-electron chi connectivity index (χ2n) is 7.42. The zero-order valence-electron chi connectivity index (χ0n) is 17.2. The molecule has 2 N–H and O–H groups in total. The van der Waals surface area contributed by atoms with Gasteiger partial charge in [-0.3, -0.25) is 4.79 Å². The second kappa shape index (κ2) is 8.71. The standard InChI is InChI=1S/C21H20F5N3O3/c1-11-5-12(7-16(30)15-4-3-13(31-2)9-28-15)6-14(18(11)23)20(10-22)8-17(21(24,25)26)32-19(27)29-20/h3-6,9,17H,7-8,10H2,1-2H3,(H2,27,29)/t17-,20+/m0/s1. The number of carbonyl (C=O) groups is 1. The molecular formula is C21H20F5N3O3. The van der Waals surface area contributed by atoms with E-state index in [9.17, 15) is 26.7 Å². The number of nitrogens with two attached hydrogens (primary N) is 1. The van der Waals surface area contributed by atoms with Crippen molar-refractivity contribution in [3.8, 4) is 5.75 Å². The number of aryl methyl sites for hydroxylation is 1. The van der Waals surface area contributed by atoms with E-state index in [1.807, 2.05) is 0 Å². The lowest BCUT2D eigenvalue weighted by molar-refractivity contribution is -0.209. The van der Waals surface area contributed by atoms with E-state index in [0.717, 1.165) is 6.07 Å². The molecule has 1 aromatic heterocycles. The van der Waals surface area contributed by atoms with Crippen LogP contribution in [0.2, 0.25) is 0 Å².